The Morgan fingerprint density at radius 3 is 1.91 bits per heavy atom. The number of hydrogen-bond acceptors (Lipinski definition) is 8. The maximum atomic E-state index is 11.8. The molecule has 1 saturated heterocycles. The van der Waals surface area contributed by atoms with Gasteiger partial charge in [0.05, 0.1) is 4.92 Å². The number of nitrogens with one attached hydrogen (secondary N) is 2. The summed E-state index contributed by atoms with van der Waals surface area (Å²) in [6.45, 7) is 12.5. The third-order valence-electron chi connectivity index (χ3n) is 5.22. The summed E-state index contributed by atoms with van der Waals surface area (Å²) in [4.78, 5) is 38.4. The molecule has 0 bridgehead atoms. The molecule has 1 aromatic rings. The van der Waals surface area contributed by atoms with Crippen molar-refractivity contribution in [2.75, 3.05) is 52.4 Å². The molecule has 1 heterocycles. The van der Waals surface area contributed by atoms with Gasteiger partial charge in [-0.15, -0.1) is 0 Å². The molecule has 0 aliphatic carbocycles. The van der Waals surface area contributed by atoms with E-state index in [1.807, 2.05) is 20.8 Å². The second-order valence-corrected chi connectivity index (χ2v) is 9.25. The molecule has 34 heavy (non-hydrogen) atoms. The summed E-state index contributed by atoms with van der Waals surface area (Å²) in [5.41, 5.74) is 0.217. The van der Waals surface area contributed by atoms with Crippen molar-refractivity contribution in [3.63, 3.8) is 0 Å². The predicted octanol–water partition coefficient (Wildman–Crippen LogP) is 2.74. The molecule has 2 rings (SSSR count). The van der Waals surface area contributed by atoms with Crippen LogP contribution in [0.5, 0.6) is 0 Å². The minimum absolute atomic E-state index is 0.00393. The molecule has 1 aliphatic rings. The summed E-state index contributed by atoms with van der Waals surface area (Å²) in [5.74, 6) is 0. The van der Waals surface area contributed by atoms with E-state index < -0.39 is 16.6 Å². The Labute approximate surface area is 200 Å². The van der Waals surface area contributed by atoms with Crippen LogP contribution in [0.4, 0.5) is 15.3 Å². The van der Waals surface area contributed by atoms with E-state index >= 15 is 0 Å². The lowest BCUT2D eigenvalue weighted by Gasteiger charge is -2.34. The molecule has 1 aliphatic heterocycles. The topological polar surface area (TPSA) is 126 Å². The van der Waals surface area contributed by atoms with Crippen LogP contribution < -0.4 is 10.6 Å². The number of nitrogens with zero attached hydrogens (tertiary/aromatic N) is 3. The third kappa shape index (κ3) is 11.3. The van der Waals surface area contributed by atoms with E-state index in [2.05, 4.69) is 20.4 Å². The maximum absolute atomic E-state index is 11.8. The minimum atomic E-state index is -0.497. The van der Waals surface area contributed by atoms with Gasteiger partial charge in [0.25, 0.3) is 5.69 Å². The van der Waals surface area contributed by atoms with E-state index in [-0.39, 0.29) is 18.4 Å². The Balaban J connectivity index is 1.48. The summed E-state index contributed by atoms with van der Waals surface area (Å²) in [5, 5.41) is 16.2. The number of hydrogen-bond donors (Lipinski definition) is 2. The second-order valence-electron chi connectivity index (χ2n) is 9.25. The number of ether oxygens (including phenoxy) is 2. The van der Waals surface area contributed by atoms with Gasteiger partial charge in [0.15, 0.2) is 0 Å². The molecule has 2 N–H and O–H groups in total. The number of rotatable bonds is 11. The number of amides is 2. The summed E-state index contributed by atoms with van der Waals surface area (Å²) in [6, 6.07) is 5.92. The van der Waals surface area contributed by atoms with Gasteiger partial charge in [-0.05, 0) is 64.4 Å². The van der Waals surface area contributed by atoms with Crippen LogP contribution in [-0.2, 0) is 16.1 Å². The lowest BCUT2D eigenvalue weighted by molar-refractivity contribution is -0.384. The number of nitro benzene ring substituents is 1. The molecular formula is C23H37N5O6. The normalized spacial score (nSPS) is 14.9. The number of piperazine rings is 1. The second kappa shape index (κ2) is 13.7. The van der Waals surface area contributed by atoms with Crippen molar-refractivity contribution in [3.05, 3.63) is 39.9 Å². The average molecular weight is 480 g/mol. The number of carbonyl (C=O) groups excluding carboxylic acids is 2. The molecule has 0 saturated carbocycles. The fourth-order valence-electron chi connectivity index (χ4n) is 3.45. The van der Waals surface area contributed by atoms with Crippen LogP contribution in [0.2, 0.25) is 0 Å². The van der Waals surface area contributed by atoms with Crippen LogP contribution >= 0.6 is 0 Å². The van der Waals surface area contributed by atoms with Gasteiger partial charge in [0.2, 0.25) is 0 Å². The number of carbonyl (C=O) groups is 2. The Morgan fingerprint density at radius 1 is 0.941 bits per heavy atom. The van der Waals surface area contributed by atoms with Gasteiger partial charge in [0.1, 0.15) is 12.2 Å². The SMILES string of the molecule is CC(C)(C)OC(=O)NCCCN1CCN(CCCNC(=O)OCc2ccc([N+](=O)[O-])cc2)CC1. The first-order chi connectivity index (χ1) is 16.1. The van der Waals surface area contributed by atoms with Gasteiger partial charge >= 0.3 is 12.2 Å². The van der Waals surface area contributed by atoms with E-state index in [0.29, 0.717) is 18.7 Å². The van der Waals surface area contributed by atoms with Crippen molar-refractivity contribution in [1.29, 1.82) is 0 Å². The van der Waals surface area contributed by atoms with Crippen molar-refractivity contribution in [3.8, 4) is 0 Å². The van der Waals surface area contributed by atoms with Crippen LogP contribution in [0.3, 0.4) is 0 Å². The van der Waals surface area contributed by atoms with Gasteiger partial charge in [-0.2, -0.15) is 0 Å². The fourth-order valence-corrected chi connectivity index (χ4v) is 3.45. The molecule has 1 aromatic carbocycles. The predicted molar refractivity (Wildman–Crippen MR) is 128 cm³/mol. The van der Waals surface area contributed by atoms with Gasteiger partial charge in [0, 0.05) is 51.4 Å². The first-order valence-electron chi connectivity index (χ1n) is 11.7. The summed E-state index contributed by atoms with van der Waals surface area (Å²) in [6.07, 6.45) is 0.835. The molecule has 0 aromatic heterocycles. The van der Waals surface area contributed by atoms with E-state index in [1.54, 1.807) is 12.1 Å². The first-order valence-corrected chi connectivity index (χ1v) is 11.7. The van der Waals surface area contributed by atoms with Gasteiger partial charge in [-0.25, -0.2) is 9.59 Å². The lowest BCUT2D eigenvalue weighted by Crippen LogP contribution is -2.47. The maximum Gasteiger partial charge on any atom is 0.407 e. The zero-order chi connectivity index (χ0) is 25.0. The number of nitro groups is 1. The molecule has 11 heteroatoms. The molecule has 0 atom stereocenters. The Kier molecular flexibility index (Phi) is 11.0. The first kappa shape index (κ1) is 27.3. The summed E-state index contributed by atoms with van der Waals surface area (Å²) < 4.78 is 10.4. The Hall–Kier alpha value is -2.92. The van der Waals surface area contributed by atoms with Gasteiger partial charge in [-0.1, -0.05) is 0 Å². The minimum Gasteiger partial charge on any atom is -0.445 e. The zero-order valence-corrected chi connectivity index (χ0v) is 20.4. The molecule has 0 spiro atoms. The van der Waals surface area contributed by atoms with E-state index in [9.17, 15) is 19.7 Å². The molecule has 11 nitrogen and oxygen atoms in total. The molecule has 1 fully saturated rings. The smallest absolute Gasteiger partial charge is 0.407 e. The van der Waals surface area contributed by atoms with Crippen molar-refractivity contribution in [1.82, 2.24) is 20.4 Å². The monoisotopic (exact) mass is 479 g/mol. The largest absolute Gasteiger partial charge is 0.445 e. The average Bonchev–Trinajstić information content (AvgIpc) is 2.78. The molecule has 0 unspecified atom stereocenters. The van der Waals surface area contributed by atoms with Crippen LogP contribution in [0.15, 0.2) is 24.3 Å². The standard InChI is InChI=1S/C23H37N5O6/c1-23(2,3)34-22(30)25-11-5-13-27-16-14-26(15-17-27)12-4-10-24-21(29)33-18-19-6-8-20(9-7-19)28(31)32/h6-9H,4-5,10-18H2,1-3H3,(H,24,29)(H,25,30). The highest BCUT2D eigenvalue weighted by Crippen LogP contribution is 2.12. The van der Waals surface area contributed by atoms with Crippen LogP contribution in [0, 0.1) is 10.1 Å². The highest BCUT2D eigenvalue weighted by atomic mass is 16.6. The van der Waals surface area contributed by atoms with Crippen LogP contribution in [0.1, 0.15) is 39.2 Å². The van der Waals surface area contributed by atoms with E-state index in [4.69, 9.17) is 9.47 Å². The van der Waals surface area contributed by atoms with Crippen molar-refractivity contribution >= 4 is 17.9 Å². The third-order valence-corrected chi connectivity index (χ3v) is 5.22. The lowest BCUT2D eigenvalue weighted by atomic mass is 10.2. The number of alkyl carbamates (subject to hydrolysis) is 2. The number of non-ortho nitro benzene ring substituents is 1. The summed E-state index contributed by atoms with van der Waals surface area (Å²) in [7, 11) is 0. The van der Waals surface area contributed by atoms with Crippen LogP contribution in [0.25, 0.3) is 0 Å². The highest BCUT2D eigenvalue weighted by molar-refractivity contribution is 5.67. The zero-order valence-electron chi connectivity index (χ0n) is 20.4. The van der Waals surface area contributed by atoms with Crippen molar-refractivity contribution < 1.29 is 24.0 Å². The van der Waals surface area contributed by atoms with E-state index in [0.717, 1.165) is 52.1 Å². The highest BCUT2D eigenvalue weighted by Gasteiger charge is 2.17. The van der Waals surface area contributed by atoms with Crippen molar-refractivity contribution in [2.45, 2.75) is 45.8 Å². The fraction of sp³-hybridized carbons (Fsp3) is 0.652. The van der Waals surface area contributed by atoms with Crippen molar-refractivity contribution in [2.24, 2.45) is 0 Å². The van der Waals surface area contributed by atoms with Crippen LogP contribution in [-0.4, -0.2) is 84.9 Å². The Morgan fingerprint density at radius 2 is 1.44 bits per heavy atom. The quantitative estimate of drug-likeness (QED) is 0.282. The molecular weight excluding hydrogens is 442 g/mol. The molecule has 0 radical (unpaired) electrons. The summed E-state index contributed by atoms with van der Waals surface area (Å²) >= 11 is 0. The van der Waals surface area contributed by atoms with Gasteiger partial charge in [-0.3, -0.25) is 10.1 Å². The number of benzene rings is 1. The molecule has 190 valence electrons. The van der Waals surface area contributed by atoms with E-state index in [1.165, 1.54) is 12.1 Å². The molecule has 2 amide bonds. The Bertz CT molecular complexity index is 788. The van der Waals surface area contributed by atoms with Gasteiger partial charge < -0.3 is 29.9 Å².